The maximum Gasteiger partial charge on any atom is 0.342 e. The average Bonchev–Trinajstić information content (AvgIpc) is 2.36. The first kappa shape index (κ1) is 7.78. The molecular weight excluding hydrogens is 144 g/mol. The minimum Gasteiger partial charge on any atom is -0.462 e. The summed E-state index contributed by atoms with van der Waals surface area (Å²) in [7, 11) is 1.70. The fourth-order valence-electron chi connectivity index (χ4n) is 0.684. The van der Waals surface area contributed by atoms with Gasteiger partial charge in [0, 0.05) is 7.05 Å². The van der Waals surface area contributed by atoms with Crippen LogP contribution in [0.1, 0.15) is 17.3 Å². The Morgan fingerprint density at radius 3 is 3.09 bits per heavy atom. The van der Waals surface area contributed by atoms with Gasteiger partial charge in [0.2, 0.25) is 0 Å². The molecule has 0 aliphatic rings. The normalized spacial score (nSPS) is 9.64. The van der Waals surface area contributed by atoms with Crippen molar-refractivity contribution in [2.45, 2.75) is 6.92 Å². The molecule has 1 rings (SSSR count). The zero-order chi connectivity index (χ0) is 8.27. The van der Waals surface area contributed by atoms with Crippen molar-refractivity contribution < 1.29 is 9.53 Å². The van der Waals surface area contributed by atoms with Crippen LogP contribution in [-0.4, -0.2) is 22.4 Å². The molecule has 0 amide bonds. The molecule has 0 aliphatic heterocycles. The van der Waals surface area contributed by atoms with E-state index >= 15 is 0 Å². The van der Waals surface area contributed by atoms with E-state index in [2.05, 4.69) is 11.3 Å². The van der Waals surface area contributed by atoms with Gasteiger partial charge in [0.05, 0.1) is 12.8 Å². The summed E-state index contributed by atoms with van der Waals surface area (Å²) in [5, 5.41) is 3.78. The van der Waals surface area contributed by atoms with Crippen LogP contribution in [0.5, 0.6) is 0 Å². The van der Waals surface area contributed by atoms with Crippen molar-refractivity contribution in [2.75, 3.05) is 6.61 Å². The summed E-state index contributed by atoms with van der Waals surface area (Å²) in [5.41, 5.74) is 0.370. The maximum atomic E-state index is 11.0. The van der Waals surface area contributed by atoms with Gasteiger partial charge in [-0.2, -0.15) is 5.10 Å². The minimum atomic E-state index is -0.374. The second-order valence-electron chi connectivity index (χ2n) is 2.01. The summed E-state index contributed by atoms with van der Waals surface area (Å²) < 4.78 is 6.15. The van der Waals surface area contributed by atoms with Gasteiger partial charge in [0.1, 0.15) is 11.8 Å². The molecule has 0 N–H and O–H groups in total. The fourth-order valence-corrected chi connectivity index (χ4v) is 0.684. The molecule has 1 heterocycles. The van der Waals surface area contributed by atoms with Crippen molar-refractivity contribution in [1.82, 2.24) is 9.78 Å². The number of carbonyl (C=O) groups is 1. The van der Waals surface area contributed by atoms with E-state index in [4.69, 9.17) is 4.74 Å². The van der Waals surface area contributed by atoms with Crippen LogP contribution in [0.25, 0.3) is 0 Å². The number of esters is 1. The van der Waals surface area contributed by atoms with Crippen LogP contribution in [0.3, 0.4) is 0 Å². The molecule has 4 nitrogen and oxygen atoms in total. The first-order valence-electron chi connectivity index (χ1n) is 3.32. The molecule has 0 aliphatic carbocycles. The third-order valence-corrected chi connectivity index (χ3v) is 1.14. The van der Waals surface area contributed by atoms with E-state index in [0.29, 0.717) is 12.2 Å². The van der Waals surface area contributed by atoms with Crippen molar-refractivity contribution >= 4 is 5.97 Å². The minimum absolute atomic E-state index is 0.370. The van der Waals surface area contributed by atoms with Crippen LogP contribution < -0.4 is 0 Å². The molecule has 0 fully saturated rings. The molecular formula is C7H9N2O2. The predicted octanol–water partition coefficient (Wildman–Crippen LogP) is 0.397. The lowest BCUT2D eigenvalue weighted by Crippen LogP contribution is -2.03. The monoisotopic (exact) mass is 153 g/mol. The molecule has 0 atom stereocenters. The summed E-state index contributed by atoms with van der Waals surface area (Å²) in [6, 6.07) is 0. The van der Waals surface area contributed by atoms with Gasteiger partial charge in [-0.1, -0.05) is 0 Å². The van der Waals surface area contributed by atoms with Crippen LogP contribution >= 0.6 is 0 Å². The SMILES string of the molecule is CCOC(=O)c1[c]n(C)nc1. The number of hydrogen-bond acceptors (Lipinski definition) is 3. The lowest BCUT2D eigenvalue weighted by atomic mass is 10.4. The highest BCUT2D eigenvalue weighted by Gasteiger charge is 2.07. The van der Waals surface area contributed by atoms with Crippen molar-refractivity contribution in [2.24, 2.45) is 7.05 Å². The van der Waals surface area contributed by atoms with Crippen molar-refractivity contribution in [3.63, 3.8) is 0 Å². The van der Waals surface area contributed by atoms with Gasteiger partial charge in [0.15, 0.2) is 0 Å². The standard InChI is InChI=1S/C7H9N2O2/c1-3-11-7(10)6-4-8-9(2)5-6/h4H,3H2,1-2H3. The molecule has 1 aromatic heterocycles. The highest BCUT2D eigenvalue weighted by molar-refractivity contribution is 5.88. The van der Waals surface area contributed by atoms with Gasteiger partial charge in [-0.05, 0) is 6.92 Å². The Balaban J connectivity index is 2.69. The first-order chi connectivity index (χ1) is 5.24. The summed E-state index contributed by atoms with van der Waals surface area (Å²) in [6.45, 7) is 2.13. The lowest BCUT2D eigenvalue weighted by Gasteiger charge is -1.95. The highest BCUT2D eigenvalue weighted by atomic mass is 16.5. The first-order valence-corrected chi connectivity index (χ1v) is 3.32. The summed E-state index contributed by atoms with van der Waals surface area (Å²) in [4.78, 5) is 11.0. The molecule has 0 saturated heterocycles. The topological polar surface area (TPSA) is 44.1 Å². The number of ether oxygens (including phenoxy) is 1. The van der Waals surface area contributed by atoms with E-state index in [1.165, 1.54) is 10.9 Å². The van der Waals surface area contributed by atoms with Crippen molar-refractivity contribution in [3.8, 4) is 0 Å². The molecule has 0 unspecified atom stereocenters. The van der Waals surface area contributed by atoms with Crippen molar-refractivity contribution in [3.05, 3.63) is 18.0 Å². The van der Waals surface area contributed by atoms with Gasteiger partial charge in [-0.3, -0.25) is 4.68 Å². The van der Waals surface area contributed by atoms with Crippen LogP contribution in [0.15, 0.2) is 6.20 Å². The Bertz CT molecular complexity index is 255. The molecule has 0 spiro atoms. The van der Waals surface area contributed by atoms with E-state index < -0.39 is 0 Å². The van der Waals surface area contributed by atoms with Gasteiger partial charge in [-0.25, -0.2) is 4.79 Å². The van der Waals surface area contributed by atoms with Gasteiger partial charge < -0.3 is 4.74 Å². The van der Waals surface area contributed by atoms with E-state index in [0.717, 1.165) is 0 Å². The molecule has 0 bridgehead atoms. The number of hydrogen-bond donors (Lipinski definition) is 0. The van der Waals surface area contributed by atoms with Gasteiger partial charge in [-0.15, -0.1) is 0 Å². The zero-order valence-corrected chi connectivity index (χ0v) is 6.50. The number of aryl methyl sites for hydroxylation is 1. The smallest absolute Gasteiger partial charge is 0.342 e. The van der Waals surface area contributed by atoms with E-state index in [1.807, 2.05) is 0 Å². The molecule has 4 heteroatoms. The zero-order valence-electron chi connectivity index (χ0n) is 6.50. The Morgan fingerprint density at radius 2 is 2.64 bits per heavy atom. The van der Waals surface area contributed by atoms with E-state index in [1.54, 1.807) is 14.0 Å². The summed E-state index contributed by atoms with van der Waals surface area (Å²) >= 11 is 0. The average molecular weight is 153 g/mol. The molecule has 0 aromatic carbocycles. The van der Waals surface area contributed by atoms with Crippen LogP contribution in [-0.2, 0) is 11.8 Å². The number of carbonyl (C=O) groups excluding carboxylic acids is 1. The summed E-state index contributed by atoms with van der Waals surface area (Å²) in [5.74, 6) is -0.374. The Hall–Kier alpha value is -1.32. The van der Waals surface area contributed by atoms with Gasteiger partial charge in [0.25, 0.3) is 0 Å². The number of aromatic nitrogens is 2. The number of nitrogens with zero attached hydrogens (tertiary/aromatic N) is 2. The largest absolute Gasteiger partial charge is 0.462 e. The second-order valence-corrected chi connectivity index (χ2v) is 2.01. The number of rotatable bonds is 2. The third-order valence-electron chi connectivity index (χ3n) is 1.14. The fraction of sp³-hybridized carbons (Fsp3) is 0.429. The molecule has 59 valence electrons. The van der Waals surface area contributed by atoms with Crippen molar-refractivity contribution in [1.29, 1.82) is 0 Å². The quantitative estimate of drug-likeness (QED) is 0.577. The second kappa shape index (κ2) is 3.18. The Labute approximate surface area is 64.8 Å². The summed E-state index contributed by atoms with van der Waals surface area (Å²) in [6.07, 6.45) is 4.12. The lowest BCUT2D eigenvalue weighted by molar-refractivity contribution is 0.0526. The highest BCUT2D eigenvalue weighted by Crippen LogP contribution is 1.97. The van der Waals surface area contributed by atoms with E-state index in [-0.39, 0.29) is 5.97 Å². The third kappa shape index (κ3) is 1.80. The molecule has 1 radical (unpaired) electrons. The van der Waals surface area contributed by atoms with Crippen LogP contribution in [0.4, 0.5) is 0 Å². The maximum absolute atomic E-state index is 11.0. The molecule has 0 saturated carbocycles. The Morgan fingerprint density at radius 1 is 1.91 bits per heavy atom. The van der Waals surface area contributed by atoms with Crippen LogP contribution in [0, 0.1) is 6.20 Å². The van der Waals surface area contributed by atoms with Gasteiger partial charge >= 0.3 is 5.97 Å². The Kier molecular flexibility index (Phi) is 2.25. The predicted molar refractivity (Wildman–Crippen MR) is 38.0 cm³/mol. The molecule has 1 aromatic rings. The van der Waals surface area contributed by atoms with E-state index in [9.17, 15) is 4.79 Å². The molecule has 11 heavy (non-hydrogen) atoms. The van der Waals surface area contributed by atoms with Crippen LogP contribution in [0.2, 0.25) is 0 Å².